The first-order chi connectivity index (χ1) is 9.24. The van der Waals surface area contributed by atoms with E-state index in [4.69, 9.17) is 4.74 Å². The molecule has 3 nitrogen and oxygen atoms in total. The van der Waals surface area contributed by atoms with Crippen molar-refractivity contribution < 1.29 is 4.74 Å². The smallest absolute Gasteiger partial charge is 0.119 e. The van der Waals surface area contributed by atoms with Gasteiger partial charge in [-0.2, -0.15) is 0 Å². The minimum absolute atomic E-state index is 0.240. The monoisotopic (exact) mass is 262 g/mol. The van der Waals surface area contributed by atoms with Gasteiger partial charge >= 0.3 is 0 Å². The van der Waals surface area contributed by atoms with E-state index in [1.165, 1.54) is 31.5 Å². The molecule has 0 aliphatic carbocycles. The van der Waals surface area contributed by atoms with Crippen molar-refractivity contribution in [2.75, 3.05) is 19.6 Å². The van der Waals surface area contributed by atoms with Crippen LogP contribution in [0, 0.1) is 5.92 Å². The normalized spacial score (nSPS) is 16.8. The SMILES string of the molecule is CC(C)Oc1ccc(CNCC2CCNCC2)cc1. The van der Waals surface area contributed by atoms with Gasteiger partial charge in [-0.1, -0.05) is 12.1 Å². The van der Waals surface area contributed by atoms with Gasteiger partial charge < -0.3 is 15.4 Å². The highest BCUT2D eigenvalue weighted by atomic mass is 16.5. The summed E-state index contributed by atoms with van der Waals surface area (Å²) in [5, 5.41) is 6.97. The van der Waals surface area contributed by atoms with Crippen LogP contribution in [0.4, 0.5) is 0 Å². The third kappa shape index (κ3) is 5.21. The molecule has 0 radical (unpaired) electrons. The maximum atomic E-state index is 5.64. The molecule has 0 unspecified atom stereocenters. The molecule has 1 saturated heterocycles. The average molecular weight is 262 g/mol. The van der Waals surface area contributed by atoms with Gasteiger partial charge in [0, 0.05) is 6.54 Å². The third-order valence-electron chi connectivity index (χ3n) is 3.52. The van der Waals surface area contributed by atoms with E-state index in [0.29, 0.717) is 0 Å². The van der Waals surface area contributed by atoms with Crippen molar-refractivity contribution in [2.24, 2.45) is 5.92 Å². The molecule has 1 fully saturated rings. The highest BCUT2D eigenvalue weighted by Gasteiger charge is 2.11. The van der Waals surface area contributed by atoms with Crippen molar-refractivity contribution in [3.63, 3.8) is 0 Å². The van der Waals surface area contributed by atoms with Crippen LogP contribution >= 0.6 is 0 Å². The second-order valence-electron chi connectivity index (χ2n) is 5.63. The van der Waals surface area contributed by atoms with E-state index >= 15 is 0 Å². The summed E-state index contributed by atoms with van der Waals surface area (Å²) in [6, 6.07) is 8.41. The summed E-state index contributed by atoms with van der Waals surface area (Å²) < 4.78 is 5.64. The maximum absolute atomic E-state index is 5.64. The lowest BCUT2D eigenvalue weighted by Crippen LogP contribution is -2.33. The second-order valence-corrected chi connectivity index (χ2v) is 5.63. The zero-order valence-electron chi connectivity index (χ0n) is 12.1. The Kier molecular flexibility index (Phi) is 5.67. The first kappa shape index (κ1) is 14.4. The van der Waals surface area contributed by atoms with E-state index in [0.717, 1.165) is 24.8 Å². The van der Waals surface area contributed by atoms with E-state index in [-0.39, 0.29) is 6.10 Å². The molecule has 1 aliphatic rings. The summed E-state index contributed by atoms with van der Waals surface area (Å²) >= 11 is 0. The van der Waals surface area contributed by atoms with Crippen molar-refractivity contribution in [2.45, 2.75) is 39.3 Å². The number of nitrogens with one attached hydrogen (secondary N) is 2. The molecule has 0 atom stereocenters. The lowest BCUT2D eigenvalue weighted by atomic mass is 9.98. The molecular formula is C16H26N2O. The molecule has 2 N–H and O–H groups in total. The molecule has 3 heteroatoms. The summed E-state index contributed by atoms with van der Waals surface area (Å²) in [6.07, 6.45) is 2.84. The molecule has 2 rings (SSSR count). The molecule has 106 valence electrons. The zero-order chi connectivity index (χ0) is 13.5. The Bertz CT molecular complexity index is 356. The van der Waals surface area contributed by atoms with Gasteiger partial charge in [-0.3, -0.25) is 0 Å². The fourth-order valence-corrected chi connectivity index (χ4v) is 2.46. The Morgan fingerprint density at radius 3 is 2.53 bits per heavy atom. The molecule has 1 aromatic rings. The van der Waals surface area contributed by atoms with Crippen molar-refractivity contribution in [3.8, 4) is 5.75 Å². The molecule has 1 aromatic carbocycles. The van der Waals surface area contributed by atoms with E-state index in [1.54, 1.807) is 0 Å². The van der Waals surface area contributed by atoms with Crippen LogP contribution in [-0.2, 0) is 6.54 Å². The first-order valence-corrected chi connectivity index (χ1v) is 7.41. The fourth-order valence-electron chi connectivity index (χ4n) is 2.46. The van der Waals surface area contributed by atoms with Gasteiger partial charge in [0.2, 0.25) is 0 Å². The average Bonchev–Trinajstić information content (AvgIpc) is 2.41. The Balaban J connectivity index is 1.70. The summed E-state index contributed by atoms with van der Waals surface area (Å²) in [6.45, 7) is 8.53. The van der Waals surface area contributed by atoms with Gasteiger partial charge in [0.25, 0.3) is 0 Å². The topological polar surface area (TPSA) is 33.3 Å². The van der Waals surface area contributed by atoms with E-state index in [1.807, 2.05) is 0 Å². The van der Waals surface area contributed by atoms with Crippen molar-refractivity contribution >= 4 is 0 Å². The van der Waals surface area contributed by atoms with E-state index < -0.39 is 0 Å². The molecule has 1 aliphatic heterocycles. The third-order valence-corrected chi connectivity index (χ3v) is 3.52. The summed E-state index contributed by atoms with van der Waals surface area (Å²) in [5.74, 6) is 1.79. The molecule has 1 heterocycles. The second kappa shape index (κ2) is 7.51. The number of hydrogen-bond donors (Lipinski definition) is 2. The van der Waals surface area contributed by atoms with E-state index in [2.05, 4.69) is 48.7 Å². The maximum Gasteiger partial charge on any atom is 0.119 e. The summed E-state index contributed by atoms with van der Waals surface area (Å²) in [5.41, 5.74) is 1.32. The minimum atomic E-state index is 0.240. The molecule has 0 aromatic heterocycles. The van der Waals surface area contributed by atoms with Crippen LogP contribution in [0.1, 0.15) is 32.3 Å². The van der Waals surface area contributed by atoms with Crippen molar-refractivity contribution in [3.05, 3.63) is 29.8 Å². The molecule has 0 spiro atoms. The lowest BCUT2D eigenvalue weighted by Gasteiger charge is -2.22. The summed E-state index contributed by atoms with van der Waals surface area (Å²) in [7, 11) is 0. The van der Waals surface area contributed by atoms with Crippen LogP contribution in [0.3, 0.4) is 0 Å². The van der Waals surface area contributed by atoms with Gasteiger partial charge in [-0.15, -0.1) is 0 Å². The lowest BCUT2D eigenvalue weighted by molar-refractivity contribution is 0.242. The molecular weight excluding hydrogens is 236 g/mol. The quantitative estimate of drug-likeness (QED) is 0.826. The summed E-state index contributed by atoms with van der Waals surface area (Å²) in [4.78, 5) is 0. The standard InChI is InChI=1S/C16H26N2O/c1-13(2)19-16-5-3-14(4-6-16)11-18-12-15-7-9-17-10-8-15/h3-6,13,15,17-18H,7-12H2,1-2H3. The largest absolute Gasteiger partial charge is 0.491 e. The molecule has 19 heavy (non-hydrogen) atoms. The van der Waals surface area contributed by atoms with Crippen LogP contribution in [-0.4, -0.2) is 25.7 Å². The van der Waals surface area contributed by atoms with Gasteiger partial charge in [0.1, 0.15) is 5.75 Å². The Labute approximate surface area is 116 Å². The number of rotatable bonds is 6. The Morgan fingerprint density at radius 2 is 1.89 bits per heavy atom. The van der Waals surface area contributed by atoms with Gasteiger partial charge in [-0.05, 0) is 69.9 Å². The minimum Gasteiger partial charge on any atom is -0.491 e. The van der Waals surface area contributed by atoms with Crippen LogP contribution in [0.5, 0.6) is 5.75 Å². The Morgan fingerprint density at radius 1 is 1.21 bits per heavy atom. The fraction of sp³-hybridized carbons (Fsp3) is 0.625. The van der Waals surface area contributed by atoms with Crippen LogP contribution < -0.4 is 15.4 Å². The van der Waals surface area contributed by atoms with Crippen molar-refractivity contribution in [1.29, 1.82) is 0 Å². The first-order valence-electron chi connectivity index (χ1n) is 7.41. The van der Waals surface area contributed by atoms with Gasteiger partial charge in [0.05, 0.1) is 6.10 Å². The number of hydrogen-bond acceptors (Lipinski definition) is 3. The predicted molar refractivity (Wildman–Crippen MR) is 79.5 cm³/mol. The number of ether oxygens (including phenoxy) is 1. The van der Waals surface area contributed by atoms with Crippen LogP contribution in [0.15, 0.2) is 24.3 Å². The molecule has 0 bridgehead atoms. The van der Waals surface area contributed by atoms with Crippen LogP contribution in [0.25, 0.3) is 0 Å². The highest BCUT2D eigenvalue weighted by Crippen LogP contribution is 2.14. The molecule has 0 amide bonds. The zero-order valence-corrected chi connectivity index (χ0v) is 12.1. The highest BCUT2D eigenvalue weighted by molar-refractivity contribution is 5.27. The van der Waals surface area contributed by atoms with Gasteiger partial charge in [0.15, 0.2) is 0 Å². The predicted octanol–water partition coefficient (Wildman–Crippen LogP) is 2.56. The van der Waals surface area contributed by atoms with Crippen LogP contribution in [0.2, 0.25) is 0 Å². The Hall–Kier alpha value is -1.06. The molecule has 0 saturated carbocycles. The van der Waals surface area contributed by atoms with E-state index in [9.17, 15) is 0 Å². The number of benzene rings is 1. The van der Waals surface area contributed by atoms with Crippen molar-refractivity contribution in [1.82, 2.24) is 10.6 Å². The number of piperidine rings is 1. The van der Waals surface area contributed by atoms with Gasteiger partial charge in [-0.25, -0.2) is 0 Å².